The Morgan fingerprint density at radius 3 is 2.81 bits per heavy atom. The average Bonchev–Trinajstić information content (AvgIpc) is 2.20. The van der Waals surface area contributed by atoms with Crippen LogP contribution in [0.5, 0.6) is 0 Å². The van der Waals surface area contributed by atoms with Crippen LogP contribution < -0.4 is 10.0 Å². The highest BCUT2D eigenvalue weighted by Crippen LogP contribution is 2.07. The first kappa shape index (κ1) is 13.7. The summed E-state index contributed by atoms with van der Waals surface area (Å²) in [5, 5.41) is 2.63. The van der Waals surface area contributed by atoms with Gasteiger partial charge in [-0.2, -0.15) is 0 Å². The fourth-order valence-corrected chi connectivity index (χ4v) is 3.47. The normalized spacial score (nSPS) is 23.9. The van der Waals surface area contributed by atoms with E-state index in [-0.39, 0.29) is 23.6 Å². The minimum atomic E-state index is -3.30. The molecule has 1 fully saturated rings. The van der Waals surface area contributed by atoms with Gasteiger partial charge in [-0.1, -0.05) is 6.92 Å². The van der Waals surface area contributed by atoms with Crippen LogP contribution in [0.1, 0.15) is 19.8 Å². The van der Waals surface area contributed by atoms with Crippen molar-refractivity contribution in [3.8, 4) is 0 Å². The molecule has 1 heterocycles. The van der Waals surface area contributed by atoms with Gasteiger partial charge in [-0.3, -0.25) is 4.79 Å². The van der Waals surface area contributed by atoms with Crippen molar-refractivity contribution in [2.75, 3.05) is 18.2 Å². The first-order chi connectivity index (χ1) is 7.43. The molecular formula is C9H17ClN2O3S. The lowest BCUT2D eigenvalue weighted by atomic mass is 10.1. The summed E-state index contributed by atoms with van der Waals surface area (Å²) in [6.45, 7) is 2.15. The number of piperidine rings is 1. The molecule has 1 rings (SSSR count). The van der Waals surface area contributed by atoms with Crippen molar-refractivity contribution in [1.82, 2.24) is 10.0 Å². The van der Waals surface area contributed by atoms with Crippen molar-refractivity contribution in [2.24, 2.45) is 5.92 Å². The molecule has 7 heteroatoms. The van der Waals surface area contributed by atoms with Gasteiger partial charge in [0, 0.05) is 24.9 Å². The molecule has 5 nitrogen and oxygen atoms in total. The summed E-state index contributed by atoms with van der Waals surface area (Å²) in [6.07, 6.45) is 0.929. The largest absolute Gasteiger partial charge is 0.355 e. The number of rotatable bonds is 5. The quantitative estimate of drug-likeness (QED) is 0.693. The van der Waals surface area contributed by atoms with Crippen LogP contribution in [0.25, 0.3) is 0 Å². The van der Waals surface area contributed by atoms with Gasteiger partial charge in [0.15, 0.2) is 0 Å². The zero-order valence-electron chi connectivity index (χ0n) is 9.20. The molecule has 1 aliphatic rings. The molecule has 0 aromatic heterocycles. The molecule has 2 N–H and O–H groups in total. The second-order valence-corrected chi connectivity index (χ2v) is 6.31. The Balaban J connectivity index is 2.43. The first-order valence-corrected chi connectivity index (χ1v) is 7.44. The molecule has 1 amide bonds. The van der Waals surface area contributed by atoms with E-state index in [9.17, 15) is 13.2 Å². The third kappa shape index (κ3) is 4.67. The Bertz CT molecular complexity index is 335. The summed E-state index contributed by atoms with van der Waals surface area (Å²) in [4.78, 5) is 10.9. The summed E-state index contributed by atoms with van der Waals surface area (Å²) in [7, 11) is -3.30. The monoisotopic (exact) mass is 268 g/mol. The summed E-state index contributed by atoms with van der Waals surface area (Å²) < 4.78 is 25.9. The number of hydrogen-bond donors (Lipinski definition) is 2. The number of amides is 1. The first-order valence-electron chi connectivity index (χ1n) is 5.25. The van der Waals surface area contributed by atoms with Crippen molar-refractivity contribution in [3.05, 3.63) is 0 Å². The topological polar surface area (TPSA) is 75.3 Å². The zero-order chi connectivity index (χ0) is 12.2. The molecule has 1 aliphatic heterocycles. The standard InChI is InChI=1S/C9H17ClN2O3S/c1-7(4-10)6-16(14,15)12-8-2-3-9(13)11-5-8/h7-8,12H,2-6H2,1H3,(H,11,13). The molecule has 16 heavy (non-hydrogen) atoms. The van der Waals surface area contributed by atoms with Gasteiger partial charge in [-0.15, -0.1) is 11.6 Å². The van der Waals surface area contributed by atoms with Crippen molar-refractivity contribution >= 4 is 27.5 Å². The lowest BCUT2D eigenvalue weighted by Crippen LogP contribution is -2.48. The Labute approximate surface area is 101 Å². The van der Waals surface area contributed by atoms with Crippen LogP contribution in [0.4, 0.5) is 0 Å². The molecule has 0 aromatic carbocycles. The van der Waals surface area contributed by atoms with Gasteiger partial charge < -0.3 is 5.32 Å². The highest BCUT2D eigenvalue weighted by molar-refractivity contribution is 7.89. The van der Waals surface area contributed by atoms with E-state index in [0.717, 1.165) is 0 Å². The molecule has 0 spiro atoms. The molecule has 2 atom stereocenters. The van der Waals surface area contributed by atoms with E-state index in [1.165, 1.54) is 0 Å². The van der Waals surface area contributed by atoms with Gasteiger partial charge in [0.2, 0.25) is 15.9 Å². The Kier molecular flexibility index (Phi) is 5.01. The Morgan fingerprint density at radius 1 is 1.62 bits per heavy atom. The highest BCUT2D eigenvalue weighted by atomic mass is 35.5. The van der Waals surface area contributed by atoms with Crippen LogP contribution >= 0.6 is 11.6 Å². The number of sulfonamides is 1. The van der Waals surface area contributed by atoms with E-state index >= 15 is 0 Å². The minimum Gasteiger partial charge on any atom is -0.355 e. The highest BCUT2D eigenvalue weighted by Gasteiger charge is 2.23. The van der Waals surface area contributed by atoms with Crippen LogP contribution in [0, 0.1) is 5.92 Å². The molecule has 1 saturated heterocycles. The van der Waals surface area contributed by atoms with Gasteiger partial charge in [-0.05, 0) is 12.3 Å². The second-order valence-electron chi connectivity index (χ2n) is 4.20. The smallest absolute Gasteiger partial charge is 0.220 e. The van der Waals surface area contributed by atoms with E-state index < -0.39 is 10.0 Å². The summed E-state index contributed by atoms with van der Waals surface area (Å²) in [5.41, 5.74) is 0. The van der Waals surface area contributed by atoms with Crippen LogP contribution in [0.2, 0.25) is 0 Å². The van der Waals surface area contributed by atoms with Gasteiger partial charge in [0.25, 0.3) is 0 Å². The van der Waals surface area contributed by atoms with E-state index in [1.807, 2.05) is 0 Å². The van der Waals surface area contributed by atoms with Gasteiger partial charge in [-0.25, -0.2) is 13.1 Å². The number of halogens is 1. The Hall–Kier alpha value is -0.330. The van der Waals surface area contributed by atoms with Crippen LogP contribution in [0.3, 0.4) is 0 Å². The molecule has 0 bridgehead atoms. The van der Waals surface area contributed by atoms with Crippen LogP contribution in [-0.4, -0.2) is 38.5 Å². The van der Waals surface area contributed by atoms with Gasteiger partial charge in [0.05, 0.1) is 5.75 Å². The average molecular weight is 269 g/mol. The molecular weight excluding hydrogens is 252 g/mol. The number of carbonyl (C=O) groups excluding carboxylic acids is 1. The lowest BCUT2D eigenvalue weighted by molar-refractivity contribution is -0.122. The maximum absolute atomic E-state index is 11.7. The number of hydrogen-bond acceptors (Lipinski definition) is 3. The van der Waals surface area contributed by atoms with Gasteiger partial charge in [0.1, 0.15) is 0 Å². The maximum Gasteiger partial charge on any atom is 0.220 e. The molecule has 0 aliphatic carbocycles. The van der Waals surface area contributed by atoms with Crippen molar-refractivity contribution in [3.63, 3.8) is 0 Å². The predicted octanol–water partition coefficient (Wildman–Crippen LogP) is 0.0593. The SMILES string of the molecule is CC(CCl)CS(=O)(=O)NC1CCC(=O)NC1. The second kappa shape index (κ2) is 5.84. The zero-order valence-corrected chi connectivity index (χ0v) is 10.8. The van der Waals surface area contributed by atoms with Crippen molar-refractivity contribution in [2.45, 2.75) is 25.8 Å². The van der Waals surface area contributed by atoms with Crippen LogP contribution in [-0.2, 0) is 14.8 Å². The van der Waals surface area contributed by atoms with E-state index in [2.05, 4.69) is 10.0 Å². The van der Waals surface area contributed by atoms with E-state index in [0.29, 0.717) is 25.3 Å². The fourth-order valence-electron chi connectivity index (χ4n) is 1.55. The third-order valence-corrected chi connectivity index (χ3v) is 4.61. The molecule has 0 aromatic rings. The minimum absolute atomic E-state index is 0.0235. The van der Waals surface area contributed by atoms with E-state index in [4.69, 9.17) is 11.6 Å². The van der Waals surface area contributed by atoms with Crippen molar-refractivity contribution in [1.29, 1.82) is 0 Å². The number of nitrogens with one attached hydrogen (secondary N) is 2. The molecule has 2 unspecified atom stereocenters. The molecule has 94 valence electrons. The van der Waals surface area contributed by atoms with E-state index in [1.54, 1.807) is 6.92 Å². The van der Waals surface area contributed by atoms with Gasteiger partial charge >= 0.3 is 0 Å². The summed E-state index contributed by atoms with van der Waals surface area (Å²) >= 11 is 5.57. The Morgan fingerprint density at radius 2 is 2.31 bits per heavy atom. The lowest BCUT2D eigenvalue weighted by Gasteiger charge is -2.23. The molecule has 0 radical (unpaired) electrons. The predicted molar refractivity (Wildman–Crippen MR) is 62.8 cm³/mol. The molecule has 0 saturated carbocycles. The number of carbonyl (C=O) groups is 1. The van der Waals surface area contributed by atoms with Crippen LogP contribution in [0.15, 0.2) is 0 Å². The fraction of sp³-hybridized carbons (Fsp3) is 0.889. The number of alkyl halides is 1. The third-order valence-electron chi connectivity index (χ3n) is 2.38. The summed E-state index contributed by atoms with van der Waals surface area (Å²) in [5.74, 6) is 0.255. The maximum atomic E-state index is 11.7. The summed E-state index contributed by atoms with van der Waals surface area (Å²) in [6, 6.07) is -0.190. The van der Waals surface area contributed by atoms with Crippen molar-refractivity contribution < 1.29 is 13.2 Å².